The van der Waals surface area contributed by atoms with Gasteiger partial charge in [-0.3, -0.25) is 4.55 Å². The first-order valence-electron chi connectivity index (χ1n) is 12.4. The average molecular weight is 496 g/mol. The number of para-hydroxylation sites is 2. The van der Waals surface area contributed by atoms with Crippen molar-refractivity contribution in [3.8, 4) is 11.5 Å². The van der Waals surface area contributed by atoms with E-state index in [1.165, 1.54) is 23.5 Å². The molecule has 3 aromatic rings. The maximum Gasteiger partial charge on any atom is 0.275 e. The lowest BCUT2D eigenvalue weighted by Crippen LogP contribution is -2.27. The molecule has 1 aliphatic rings. The van der Waals surface area contributed by atoms with Crippen LogP contribution < -0.4 is 9.64 Å². The highest BCUT2D eigenvalue weighted by Gasteiger charge is 2.32. The monoisotopic (exact) mass is 495 g/mol. The molecule has 35 heavy (non-hydrogen) atoms. The molecule has 1 aromatic heterocycles. The van der Waals surface area contributed by atoms with Crippen LogP contribution in [0.5, 0.6) is 11.5 Å². The van der Waals surface area contributed by atoms with Crippen molar-refractivity contribution in [2.75, 3.05) is 11.4 Å². The summed E-state index contributed by atoms with van der Waals surface area (Å²) in [5, 5.41) is -1.22. The Morgan fingerprint density at radius 2 is 1.69 bits per heavy atom. The van der Waals surface area contributed by atoms with Crippen molar-refractivity contribution in [2.24, 2.45) is 0 Å². The predicted octanol–water partition coefficient (Wildman–Crippen LogP) is 6.42. The normalized spacial score (nSPS) is 13.6. The van der Waals surface area contributed by atoms with Gasteiger partial charge in [0.2, 0.25) is 0 Å². The van der Waals surface area contributed by atoms with Crippen molar-refractivity contribution in [2.45, 2.75) is 64.0 Å². The number of aromatic nitrogens is 2. The Morgan fingerprint density at radius 3 is 2.40 bits per heavy atom. The van der Waals surface area contributed by atoms with Crippen molar-refractivity contribution < 1.29 is 17.7 Å². The second-order valence-electron chi connectivity index (χ2n) is 8.93. The maximum atomic E-state index is 12.3. The van der Waals surface area contributed by atoms with Crippen LogP contribution in [0.25, 0.3) is 0 Å². The molecular weight excluding hydrogens is 462 g/mol. The van der Waals surface area contributed by atoms with E-state index >= 15 is 0 Å². The summed E-state index contributed by atoms with van der Waals surface area (Å²) in [5.41, 5.74) is 4.23. The second-order valence-corrected chi connectivity index (χ2v) is 10.5. The molecule has 0 spiro atoms. The highest BCUT2D eigenvalue weighted by Crippen LogP contribution is 2.49. The third kappa shape index (κ3) is 5.82. The summed E-state index contributed by atoms with van der Waals surface area (Å²) in [5.74, 6) is 1.66. The molecule has 0 saturated carbocycles. The minimum Gasteiger partial charge on any atom is -0.453 e. The lowest BCUT2D eigenvalue weighted by Gasteiger charge is -2.35. The van der Waals surface area contributed by atoms with E-state index in [-0.39, 0.29) is 12.2 Å². The zero-order valence-corrected chi connectivity index (χ0v) is 21.2. The van der Waals surface area contributed by atoms with E-state index in [9.17, 15) is 13.0 Å². The van der Waals surface area contributed by atoms with Crippen molar-refractivity contribution in [1.82, 2.24) is 9.97 Å². The number of benzene rings is 2. The van der Waals surface area contributed by atoms with Gasteiger partial charge in [-0.1, -0.05) is 44.9 Å². The van der Waals surface area contributed by atoms with Gasteiger partial charge in [0.25, 0.3) is 10.1 Å². The molecule has 4 rings (SSSR count). The lowest BCUT2D eigenvalue weighted by molar-refractivity contribution is 0.456. The number of anilines is 2. The molecule has 0 radical (unpaired) electrons. The highest BCUT2D eigenvalue weighted by atomic mass is 32.2. The smallest absolute Gasteiger partial charge is 0.275 e. The van der Waals surface area contributed by atoms with Crippen LogP contribution in [-0.2, 0) is 23.0 Å². The van der Waals surface area contributed by atoms with Crippen LogP contribution >= 0.6 is 0 Å². The Kier molecular flexibility index (Phi) is 8.03. The summed E-state index contributed by atoms with van der Waals surface area (Å²) in [4.78, 5) is 10.3. The minimum atomic E-state index is -4.40. The van der Waals surface area contributed by atoms with E-state index in [4.69, 9.17) is 4.74 Å². The van der Waals surface area contributed by atoms with E-state index in [0.717, 1.165) is 61.4 Å². The van der Waals surface area contributed by atoms with Crippen molar-refractivity contribution in [1.29, 1.82) is 0 Å². The SMILES string of the molecule is CCCCc1cc(CCCC)c2c(c1)N(CCC(c1ncccn1)S(=O)(=O)O)c1ccccc1O2. The summed E-state index contributed by atoms with van der Waals surface area (Å²) in [6, 6.07) is 13.8. The third-order valence-corrected chi connectivity index (χ3v) is 7.50. The first kappa shape index (κ1) is 25.1. The molecular formula is C27H33N3O4S. The lowest BCUT2D eigenvalue weighted by atomic mass is 9.97. The van der Waals surface area contributed by atoms with Gasteiger partial charge in [-0.05, 0) is 67.5 Å². The number of aryl methyl sites for hydroxylation is 2. The summed E-state index contributed by atoms with van der Waals surface area (Å²) in [6.45, 7) is 4.71. The molecule has 1 unspecified atom stereocenters. The molecule has 1 N–H and O–H groups in total. The fourth-order valence-corrected chi connectivity index (χ4v) is 5.31. The zero-order chi connectivity index (χ0) is 24.8. The number of ether oxygens (including phenoxy) is 1. The standard InChI is InChI=1S/C27H33N3O4S/c1-3-5-10-20-18-21(11-6-4-2)26-23(19-20)30(22-12-7-8-13-24(22)34-26)17-14-25(35(31,32)33)27-28-15-9-16-29-27/h7-9,12-13,15-16,18-19,25H,3-6,10-11,14,17H2,1-2H3,(H,31,32,33). The van der Waals surface area contributed by atoms with E-state index in [0.29, 0.717) is 6.54 Å². The zero-order valence-electron chi connectivity index (χ0n) is 20.4. The van der Waals surface area contributed by atoms with E-state index in [1.54, 1.807) is 6.07 Å². The minimum absolute atomic E-state index is 0.0945. The Hall–Kier alpha value is -2.97. The molecule has 0 saturated heterocycles. The Labute approximate surface area is 207 Å². The van der Waals surface area contributed by atoms with Gasteiger partial charge in [0.15, 0.2) is 11.5 Å². The second kappa shape index (κ2) is 11.2. The van der Waals surface area contributed by atoms with Gasteiger partial charge in [0.05, 0.1) is 11.4 Å². The number of unbranched alkanes of at least 4 members (excludes halogenated alkanes) is 2. The van der Waals surface area contributed by atoms with Crippen LogP contribution in [0.1, 0.15) is 68.2 Å². The van der Waals surface area contributed by atoms with Crippen LogP contribution in [0, 0.1) is 0 Å². The molecule has 8 heteroatoms. The highest BCUT2D eigenvalue weighted by molar-refractivity contribution is 7.86. The van der Waals surface area contributed by atoms with Gasteiger partial charge in [0, 0.05) is 18.9 Å². The van der Waals surface area contributed by atoms with Gasteiger partial charge >= 0.3 is 0 Å². The molecule has 7 nitrogen and oxygen atoms in total. The molecule has 0 aliphatic carbocycles. The quantitative estimate of drug-likeness (QED) is 0.307. The number of rotatable bonds is 11. The molecule has 2 heterocycles. The predicted molar refractivity (Wildman–Crippen MR) is 138 cm³/mol. The van der Waals surface area contributed by atoms with Gasteiger partial charge in [0.1, 0.15) is 11.1 Å². The summed E-state index contributed by atoms with van der Waals surface area (Å²) < 4.78 is 40.9. The Balaban J connectivity index is 1.75. The topological polar surface area (TPSA) is 92.6 Å². The van der Waals surface area contributed by atoms with E-state index in [1.807, 2.05) is 24.3 Å². The van der Waals surface area contributed by atoms with Crippen LogP contribution in [0.2, 0.25) is 0 Å². The average Bonchev–Trinajstić information content (AvgIpc) is 2.85. The van der Waals surface area contributed by atoms with Crippen LogP contribution in [0.4, 0.5) is 11.4 Å². The van der Waals surface area contributed by atoms with Gasteiger partial charge < -0.3 is 9.64 Å². The largest absolute Gasteiger partial charge is 0.453 e. The van der Waals surface area contributed by atoms with Crippen LogP contribution in [-0.4, -0.2) is 29.5 Å². The number of fused-ring (bicyclic) bond motifs is 2. The van der Waals surface area contributed by atoms with Crippen molar-refractivity contribution in [3.63, 3.8) is 0 Å². The Bertz CT molecular complexity index is 1250. The maximum absolute atomic E-state index is 12.3. The molecule has 0 bridgehead atoms. The van der Waals surface area contributed by atoms with Gasteiger partial charge in [-0.15, -0.1) is 0 Å². The number of hydrogen-bond acceptors (Lipinski definition) is 6. The summed E-state index contributed by atoms with van der Waals surface area (Å²) in [7, 11) is -4.40. The van der Waals surface area contributed by atoms with Gasteiger partial charge in [-0.2, -0.15) is 8.42 Å². The fourth-order valence-electron chi connectivity index (χ4n) is 4.51. The molecule has 0 fully saturated rings. The summed E-state index contributed by atoms with van der Waals surface area (Å²) >= 11 is 0. The molecule has 1 atom stereocenters. The van der Waals surface area contributed by atoms with Crippen molar-refractivity contribution in [3.05, 3.63) is 71.8 Å². The number of hydrogen-bond donors (Lipinski definition) is 1. The molecule has 1 aliphatic heterocycles. The Morgan fingerprint density at radius 1 is 0.971 bits per heavy atom. The summed E-state index contributed by atoms with van der Waals surface area (Å²) in [6.07, 6.45) is 9.34. The molecule has 186 valence electrons. The van der Waals surface area contributed by atoms with E-state index < -0.39 is 15.4 Å². The van der Waals surface area contributed by atoms with Crippen LogP contribution in [0.15, 0.2) is 54.9 Å². The van der Waals surface area contributed by atoms with Crippen molar-refractivity contribution >= 4 is 21.5 Å². The first-order chi connectivity index (χ1) is 16.9. The third-order valence-electron chi connectivity index (χ3n) is 6.33. The molecule has 2 aromatic carbocycles. The first-order valence-corrected chi connectivity index (χ1v) is 13.9. The van der Waals surface area contributed by atoms with Gasteiger partial charge in [-0.25, -0.2) is 9.97 Å². The molecule has 0 amide bonds. The van der Waals surface area contributed by atoms with E-state index in [2.05, 4.69) is 40.8 Å². The number of nitrogens with zero attached hydrogens (tertiary/aromatic N) is 3. The fraction of sp³-hybridized carbons (Fsp3) is 0.407. The van der Waals surface area contributed by atoms with Crippen LogP contribution in [0.3, 0.4) is 0 Å².